The first-order valence-electron chi connectivity index (χ1n) is 11.3. The van der Waals surface area contributed by atoms with Gasteiger partial charge in [0.2, 0.25) is 4.77 Å². The first-order chi connectivity index (χ1) is 17.9. The van der Waals surface area contributed by atoms with Gasteiger partial charge in [0.25, 0.3) is 5.91 Å². The van der Waals surface area contributed by atoms with Gasteiger partial charge in [-0.3, -0.25) is 4.79 Å². The van der Waals surface area contributed by atoms with Crippen LogP contribution in [-0.2, 0) is 11.3 Å². The Morgan fingerprint density at radius 1 is 1.08 bits per heavy atom. The molecule has 192 valence electrons. The van der Waals surface area contributed by atoms with E-state index >= 15 is 0 Å². The van der Waals surface area contributed by atoms with Gasteiger partial charge in [0.05, 0.1) is 30.8 Å². The molecule has 0 fully saturated rings. The third-order valence-electron chi connectivity index (χ3n) is 5.43. The predicted molar refractivity (Wildman–Crippen MR) is 148 cm³/mol. The Balaban J connectivity index is 1.46. The molecule has 0 atom stereocenters. The van der Waals surface area contributed by atoms with Gasteiger partial charge in [0, 0.05) is 5.69 Å². The summed E-state index contributed by atoms with van der Waals surface area (Å²) in [6.07, 6.45) is 0. The van der Waals surface area contributed by atoms with Crippen LogP contribution in [0.5, 0.6) is 17.2 Å². The minimum atomic E-state index is -0.276. The summed E-state index contributed by atoms with van der Waals surface area (Å²) in [6, 6.07) is 18.8. The molecule has 3 aromatic carbocycles. The van der Waals surface area contributed by atoms with Crippen LogP contribution in [0.2, 0.25) is 0 Å². The molecule has 4 aromatic rings. The lowest BCUT2D eigenvalue weighted by Crippen LogP contribution is -2.20. The number of carbonyl (C=O) groups excluding carboxylic acids is 1. The van der Waals surface area contributed by atoms with Gasteiger partial charge in [0.1, 0.15) is 5.75 Å². The maximum atomic E-state index is 12.4. The fourth-order valence-electron chi connectivity index (χ4n) is 3.61. The molecule has 0 saturated carbocycles. The fraction of sp³-hybridized carbons (Fsp3) is 0.192. The van der Waals surface area contributed by atoms with E-state index in [1.54, 1.807) is 18.9 Å². The van der Waals surface area contributed by atoms with Gasteiger partial charge in [-0.1, -0.05) is 29.8 Å². The maximum absolute atomic E-state index is 12.4. The highest BCUT2D eigenvalue weighted by atomic mass is 79.9. The first-order valence-corrected chi connectivity index (χ1v) is 12.5. The van der Waals surface area contributed by atoms with E-state index < -0.39 is 0 Å². The Hall–Kier alpha value is -3.83. The number of aromatic nitrogens is 3. The van der Waals surface area contributed by atoms with Crippen molar-refractivity contribution in [3.63, 3.8) is 0 Å². The molecular formula is C26H26BrN5O4S. The molecule has 4 rings (SSSR count). The van der Waals surface area contributed by atoms with Gasteiger partial charge < -0.3 is 25.0 Å². The summed E-state index contributed by atoms with van der Waals surface area (Å²) in [5.74, 6) is 1.90. The summed E-state index contributed by atoms with van der Waals surface area (Å²) in [4.78, 5) is 12.4. The zero-order valence-corrected chi connectivity index (χ0v) is 22.9. The number of benzene rings is 3. The Kier molecular flexibility index (Phi) is 8.47. The molecule has 11 heteroatoms. The molecule has 0 aliphatic rings. The number of halogens is 1. The van der Waals surface area contributed by atoms with Crippen molar-refractivity contribution in [2.24, 2.45) is 0 Å². The van der Waals surface area contributed by atoms with Crippen molar-refractivity contribution in [1.82, 2.24) is 14.9 Å². The third-order valence-corrected chi connectivity index (χ3v) is 6.30. The van der Waals surface area contributed by atoms with Crippen molar-refractivity contribution >= 4 is 39.7 Å². The minimum Gasteiger partial charge on any atom is -0.496 e. The van der Waals surface area contributed by atoms with Crippen LogP contribution in [0.15, 0.2) is 65.1 Å². The largest absolute Gasteiger partial charge is 0.496 e. The van der Waals surface area contributed by atoms with Crippen molar-refractivity contribution in [3.8, 4) is 28.6 Å². The van der Waals surface area contributed by atoms with Crippen molar-refractivity contribution < 1.29 is 19.0 Å². The summed E-state index contributed by atoms with van der Waals surface area (Å²) >= 11 is 8.96. The Morgan fingerprint density at radius 2 is 1.81 bits per heavy atom. The molecule has 0 radical (unpaired) electrons. The van der Waals surface area contributed by atoms with E-state index in [0.29, 0.717) is 44.5 Å². The van der Waals surface area contributed by atoms with Crippen molar-refractivity contribution in [1.29, 1.82) is 0 Å². The summed E-state index contributed by atoms with van der Waals surface area (Å²) in [5, 5.41) is 9.99. The number of hydrogen-bond acceptors (Lipinski definition) is 7. The number of amides is 1. The zero-order valence-electron chi connectivity index (χ0n) is 20.5. The molecule has 37 heavy (non-hydrogen) atoms. The fourth-order valence-corrected chi connectivity index (χ4v) is 4.41. The van der Waals surface area contributed by atoms with E-state index in [1.165, 1.54) is 0 Å². The van der Waals surface area contributed by atoms with Crippen LogP contribution in [0.1, 0.15) is 11.1 Å². The van der Waals surface area contributed by atoms with Crippen LogP contribution in [0, 0.1) is 11.7 Å². The molecule has 9 nitrogen and oxygen atoms in total. The lowest BCUT2D eigenvalue weighted by atomic mass is 10.2. The second kappa shape index (κ2) is 11.9. The van der Waals surface area contributed by atoms with Crippen LogP contribution >= 0.6 is 28.1 Å². The van der Waals surface area contributed by atoms with Gasteiger partial charge >= 0.3 is 0 Å². The van der Waals surface area contributed by atoms with Crippen LogP contribution in [0.3, 0.4) is 0 Å². The molecule has 0 saturated heterocycles. The van der Waals surface area contributed by atoms with Crippen LogP contribution in [0.4, 0.5) is 5.69 Å². The number of ether oxygens (including phenoxy) is 3. The standard InChI is InChI=1S/C26H26BrN5O4S/c1-16-8-10-18(11-9-16)29-23(33)15-36-24-20(27)12-17(13-22(24)35-3)14-28-32-25(30-31-26(32)37)19-6-4-5-7-21(19)34-2/h4-13,28H,14-15H2,1-3H3,(H,29,33)(H,31,37). The Labute approximate surface area is 227 Å². The number of H-pyrrole nitrogens is 1. The highest BCUT2D eigenvalue weighted by Crippen LogP contribution is 2.37. The van der Waals surface area contributed by atoms with E-state index in [4.69, 9.17) is 26.4 Å². The lowest BCUT2D eigenvalue weighted by Gasteiger charge is -2.16. The van der Waals surface area contributed by atoms with Gasteiger partial charge in [-0.2, -0.15) is 5.10 Å². The Bertz CT molecular complexity index is 1450. The monoisotopic (exact) mass is 583 g/mol. The first kappa shape index (κ1) is 26.2. The predicted octanol–water partition coefficient (Wildman–Crippen LogP) is 5.46. The van der Waals surface area contributed by atoms with Gasteiger partial charge in [-0.15, -0.1) is 0 Å². The molecule has 0 bridgehead atoms. The minimum absolute atomic E-state index is 0.174. The number of rotatable bonds is 10. The van der Waals surface area contributed by atoms with Crippen molar-refractivity contribution in [2.45, 2.75) is 13.5 Å². The number of anilines is 1. The molecule has 0 aliphatic carbocycles. The smallest absolute Gasteiger partial charge is 0.262 e. The number of nitrogens with zero attached hydrogens (tertiary/aromatic N) is 2. The second-order valence-electron chi connectivity index (χ2n) is 8.03. The summed E-state index contributed by atoms with van der Waals surface area (Å²) in [7, 11) is 3.15. The number of nitrogens with one attached hydrogen (secondary N) is 3. The third kappa shape index (κ3) is 6.30. The molecular weight excluding hydrogens is 558 g/mol. The lowest BCUT2D eigenvalue weighted by molar-refractivity contribution is -0.118. The molecule has 0 unspecified atom stereocenters. The number of aromatic amines is 1. The topological polar surface area (TPSA) is 102 Å². The van der Waals surface area contributed by atoms with Crippen LogP contribution < -0.4 is 25.0 Å². The van der Waals surface area contributed by atoms with Gasteiger partial charge in [-0.25, -0.2) is 9.77 Å². The molecule has 0 spiro atoms. The number of carbonyl (C=O) groups is 1. The highest BCUT2D eigenvalue weighted by molar-refractivity contribution is 9.10. The summed E-state index contributed by atoms with van der Waals surface area (Å²) < 4.78 is 19.5. The number of hydrogen-bond donors (Lipinski definition) is 3. The molecule has 1 amide bonds. The van der Waals surface area contributed by atoms with E-state index in [0.717, 1.165) is 16.7 Å². The summed E-state index contributed by atoms with van der Waals surface area (Å²) in [6.45, 7) is 2.22. The van der Waals surface area contributed by atoms with E-state index in [9.17, 15) is 4.79 Å². The van der Waals surface area contributed by atoms with E-state index in [-0.39, 0.29) is 12.5 Å². The molecule has 3 N–H and O–H groups in total. The van der Waals surface area contributed by atoms with Crippen LogP contribution in [0.25, 0.3) is 11.4 Å². The van der Waals surface area contributed by atoms with Gasteiger partial charge in [0.15, 0.2) is 23.9 Å². The molecule has 0 aliphatic heterocycles. The van der Waals surface area contributed by atoms with E-state index in [1.807, 2.05) is 67.6 Å². The quantitative estimate of drug-likeness (QED) is 0.213. The molecule has 1 heterocycles. The van der Waals surface area contributed by atoms with Gasteiger partial charge in [-0.05, 0) is 77.0 Å². The number of aryl methyl sites for hydroxylation is 1. The maximum Gasteiger partial charge on any atom is 0.262 e. The average molecular weight is 584 g/mol. The zero-order chi connectivity index (χ0) is 26.4. The average Bonchev–Trinajstić information content (AvgIpc) is 3.27. The Morgan fingerprint density at radius 3 is 2.54 bits per heavy atom. The van der Waals surface area contributed by atoms with E-state index in [2.05, 4.69) is 36.9 Å². The van der Waals surface area contributed by atoms with Crippen molar-refractivity contribution in [3.05, 3.63) is 81.0 Å². The van der Waals surface area contributed by atoms with Crippen molar-refractivity contribution in [2.75, 3.05) is 31.6 Å². The highest BCUT2D eigenvalue weighted by Gasteiger charge is 2.16. The summed E-state index contributed by atoms with van der Waals surface area (Å²) in [5.41, 5.74) is 6.78. The number of methoxy groups -OCH3 is 2. The van der Waals surface area contributed by atoms with Crippen LogP contribution in [-0.4, -0.2) is 41.6 Å². The number of para-hydroxylation sites is 1. The second-order valence-corrected chi connectivity index (χ2v) is 9.28. The molecule has 1 aromatic heterocycles. The normalized spacial score (nSPS) is 10.6. The SMILES string of the molecule is COc1ccccc1-c1n[nH]c(=S)n1NCc1cc(Br)c(OCC(=O)Nc2ccc(C)cc2)c(OC)c1.